The Labute approximate surface area is 169 Å². The van der Waals surface area contributed by atoms with Gasteiger partial charge in [0.2, 0.25) is 7.59 Å². The number of halogens is 6. The Morgan fingerprint density at radius 3 is 1.78 bits per heavy atom. The largest absolute Gasteiger partial charge is 0.250 e. The van der Waals surface area contributed by atoms with Crippen LogP contribution in [0.25, 0.3) is 0 Å². The SMILES string of the molecule is Sc1ccccc1CCc1nc(C(Cl)(Cl)Cl)nc(C(Cl)(Cl)Cl)n1. The summed E-state index contributed by atoms with van der Waals surface area (Å²) in [7, 11) is 0. The number of alkyl halides is 6. The summed E-state index contributed by atoms with van der Waals surface area (Å²) in [4.78, 5) is 13.1. The van der Waals surface area contributed by atoms with E-state index in [9.17, 15) is 0 Å². The van der Waals surface area contributed by atoms with E-state index in [4.69, 9.17) is 69.6 Å². The minimum Gasteiger partial charge on any atom is -0.213 e. The zero-order valence-electron chi connectivity index (χ0n) is 11.3. The Morgan fingerprint density at radius 2 is 1.30 bits per heavy atom. The maximum Gasteiger partial charge on any atom is 0.250 e. The zero-order valence-corrected chi connectivity index (χ0v) is 16.7. The predicted octanol–water partition coefficient (Wildman–Crippen LogP) is 5.60. The van der Waals surface area contributed by atoms with Crippen LogP contribution in [0.2, 0.25) is 0 Å². The van der Waals surface area contributed by atoms with Crippen molar-refractivity contribution < 1.29 is 0 Å². The zero-order chi connectivity index (χ0) is 17.3. The molecular weight excluding hydrogens is 443 g/mol. The number of aryl methyl sites for hydroxylation is 2. The van der Waals surface area contributed by atoms with Gasteiger partial charge in [0.05, 0.1) is 0 Å². The second-order valence-electron chi connectivity index (χ2n) is 4.52. The highest BCUT2D eigenvalue weighted by Crippen LogP contribution is 2.39. The first-order valence-corrected chi connectivity index (χ1v) is 8.95. The topological polar surface area (TPSA) is 38.7 Å². The van der Waals surface area contributed by atoms with Crippen LogP contribution in [0.1, 0.15) is 23.0 Å². The molecule has 2 rings (SSSR count). The Morgan fingerprint density at radius 1 is 0.783 bits per heavy atom. The van der Waals surface area contributed by atoms with Gasteiger partial charge in [-0.2, -0.15) is 0 Å². The number of thiol groups is 1. The van der Waals surface area contributed by atoms with E-state index in [1.165, 1.54) is 0 Å². The molecular formula is C13H9Cl6N3S. The van der Waals surface area contributed by atoms with Gasteiger partial charge < -0.3 is 0 Å². The van der Waals surface area contributed by atoms with E-state index in [-0.39, 0.29) is 11.6 Å². The normalized spacial score (nSPS) is 12.5. The molecule has 0 spiro atoms. The highest BCUT2D eigenvalue weighted by Gasteiger charge is 2.33. The third-order valence-corrected chi connectivity index (χ3v) is 4.25. The molecule has 0 radical (unpaired) electrons. The van der Waals surface area contributed by atoms with E-state index in [0.717, 1.165) is 10.5 Å². The number of rotatable bonds is 3. The third-order valence-electron chi connectivity index (χ3n) is 2.80. The van der Waals surface area contributed by atoms with Crippen LogP contribution in [0.15, 0.2) is 29.2 Å². The average molecular weight is 452 g/mol. The molecule has 0 saturated heterocycles. The number of benzene rings is 1. The maximum absolute atomic E-state index is 5.83. The van der Waals surface area contributed by atoms with Crippen molar-refractivity contribution in [1.29, 1.82) is 0 Å². The summed E-state index contributed by atoms with van der Waals surface area (Å²) < 4.78 is -3.69. The van der Waals surface area contributed by atoms with E-state index in [1.54, 1.807) is 0 Å². The molecule has 23 heavy (non-hydrogen) atoms. The lowest BCUT2D eigenvalue weighted by atomic mass is 10.1. The quantitative estimate of drug-likeness (QED) is 0.487. The van der Waals surface area contributed by atoms with Gasteiger partial charge in [-0.3, -0.25) is 0 Å². The van der Waals surface area contributed by atoms with Crippen molar-refractivity contribution >= 4 is 82.2 Å². The summed E-state index contributed by atoms with van der Waals surface area (Å²) in [6.45, 7) is 0. The van der Waals surface area contributed by atoms with E-state index < -0.39 is 7.59 Å². The van der Waals surface area contributed by atoms with Gasteiger partial charge in [-0.15, -0.1) is 12.6 Å². The van der Waals surface area contributed by atoms with Gasteiger partial charge in [-0.25, -0.2) is 15.0 Å². The van der Waals surface area contributed by atoms with Gasteiger partial charge in [-0.1, -0.05) is 87.8 Å². The van der Waals surface area contributed by atoms with Crippen LogP contribution < -0.4 is 0 Å². The van der Waals surface area contributed by atoms with Gasteiger partial charge >= 0.3 is 0 Å². The van der Waals surface area contributed by atoms with E-state index in [1.807, 2.05) is 24.3 Å². The van der Waals surface area contributed by atoms with Crippen molar-refractivity contribution in [2.45, 2.75) is 25.3 Å². The van der Waals surface area contributed by atoms with E-state index in [0.29, 0.717) is 18.7 Å². The molecule has 0 fully saturated rings. The molecule has 1 heterocycles. The summed E-state index contributed by atoms with van der Waals surface area (Å²) in [5, 5.41) is 0. The van der Waals surface area contributed by atoms with Gasteiger partial charge in [0, 0.05) is 11.3 Å². The van der Waals surface area contributed by atoms with Crippen LogP contribution >= 0.6 is 82.2 Å². The van der Waals surface area contributed by atoms with Gasteiger partial charge in [-0.05, 0) is 18.1 Å². The van der Waals surface area contributed by atoms with Crippen molar-refractivity contribution in [3.8, 4) is 0 Å². The fourth-order valence-electron chi connectivity index (χ4n) is 1.75. The first-order chi connectivity index (χ1) is 10.6. The minimum atomic E-state index is -1.84. The molecule has 0 atom stereocenters. The summed E-state index contributed by atoms with van der Waals surface area (Å²) in [6.07, 6.45) is 1.07. The fraction of sp³-hybridized carbons (Fsp3) is 0.308. The minimum absolute atomic E-state index is 0.0898. The van der Waals surface area contributed by atoms with Crippen LogP contribution in [0, 0.1) is 0 Å². The Balaban J connectivity index is 2.32. The first-order valence-electron chi connectivity index (χ1n) is 6.23. The van der Waals surface area contributed by atoms with Crippen molar-refractivity contribution in [1.82, 2.24) is 15.0 Å². The number of nitrogens with zero attached hydrogens (tertiary/aromatic N) is 3. The molecule has 1 aromatic carbocycles. The summed E-state index contributed by atoms with van der Waals surface area (Å²) in [6, 6.07) is 7.67. The second-order valence-corrected chi connectivity index (χ2v) is 9.57. The molecule has 0 bridgehead atoms. The summed E-state index contributed by atoms with van der Waals surface area (Å²) >= 11 is 39.4. The number of hydrogen-bond acceptors (Lipinski definition) is 4. The van der Waals surface area contributed by atoms with Crippen LogP contribution in [0.4, 0.5) is 0 Å². The molecule has 1 aromatic heterocycles. The standard InChI is InChI=1S/C13H9Cl6N3S/c14-12(15,16)10-20-9(21-11(22-10)13(17,18)19)6-5-7-3-1-2-4-8(7)23/h1-4,23H,5-6H2. The molecule has 10 heteroatoms. The van der Waals surface area contributed by atoms with Crippen LogP contribution in [0.5, 0.6) is 0 Å². The van der Waals surface area contributed by atoms with Crippen molar-refractivity contribution in [2.24, 2.45) is 0 Å². The van der Waals surface area contributed by atoms with Gasteiger partial charge in [0.1, 0.15) is 5.82 Å². The Hall–Kier alpha value is 0.320. The van der Waals surface area contributed by atoms with Crippen molar-refractivity contribution in [3.63, 3.8) is 0 Å². The summed E-state index contributed by atoms with van der Waals surface area (Å²) in [5.41, 5.74) is 1.03. The van der Waals surface area contributed by atoms with Crippen molar-refractivity contribution in [3.05, 3.63) is 47.3 Å². The van der Waals surface area contributed by atoms with Gasteiger partial charge in [0.15, 0.2) is 11.6 Å². The Bertz CT molecular complexity index is 667. The third kappa shape index (κ3) is 5.67. The van der Waals surface area contributed by atoms with E-state index >= 15 is 0 Å². The van der Waals surface area contributed by atoms with Crippen LogP contribution in [-0.2, 0) is 20.4 Å². The number of hydrogen-bond donors (Lipinski definition) is 1. The monoisotopic (exact) mass is 449 g/mol. The lowest BCUT2D eigenvalue weighted by Crippen LogP contribution is -2.18. The van der Waals surface area contributed by atoms with Crippen LogP contribution in [-0.4, -0.2) is 15.0 Å². The molecule has 0 amide bonds. The molecule has 2 aromatic rings. The predicted molar refractivity (Wildman–Crippen MR) is 99.4 cm³/mol. The molecule has 0 unspecified atom stereocenters. The molecule has 3 nitrogen and oxygen atoms in total. The van der Waals surface area contributed by atoms with Crippen LogP contribution in [0.3, 0.4) is 0 Å². The summed E-state index contributed by atoms with van der Waals surface area (Å²) in [5.74, 6) is 0.181. The highest BCUT2D eigenvalue weighted by molar-refractivity contribution is 7.80. The molecule has 124 valence electrons. The fourth-order valence-corrected chi connectivity index (χ4v) is 2.53. The highest BCUT2D eigenvalue weighted by atomic mass is 35.6. The molecule has 0 aliphatic heterocycles. The first kappa shape index (κ1) is 19.6. The lowest BCUT2D eigenvalue weighted by Gasteiger charge is -2.15. The molecule has 0 aliphatic rings. The van der Waals surface area contributed by atoms with Gasteiger partial charge in [0.25, 0.3) is 0 Å². The Kier molecular flexibility index (Phi) is 6.57. The van der Waals surface area contributed by atoms with E-state index in [2.05, 4.69) is 27.6 Å². The van der Waals surface area contributed by atoms with Crippen molar-refractivity contribution in [2.75, 3.05) is 0 Å². The second kappa shape index (κ2) is 7.69. The molecule has 0 saturated carbocycles. The smallest absolute Gasteiger partial charge is 0.213 e. The number of aromatic nitrogens is 3. The molecule has 0 N–H and O–H groups in total. The average Bonchev–Trinajstić information content (AvgIpc) is 2.44. The maximum atomic E-state index is 5.83. The molecule has 0 aliphatic carbocycles. The lowest BCUT2D eigenvalue weighted by molar-refractivity contribution is 0.755.